The summed E-state index contributed by atoms with van der Waals surface area (Å²) in [6, 6.07) is 1.58. The number of ketones is 1. The van der Waals surface area contributed by atoms with E-state index in [1.807, 2.05) is 0 Å². The van der Waals surface area contributed by atoms with Crippen molar-refractivity contribution >= 4 is 15.8 Å². The van der Waals surface area contributed by atoms with Crippen LogP contribution in [0.15, 0.2) is 0 Å². The largest absolute Gasteiger partial charge is 0.298 e. The molecule has 0 radical (unpaired) electrons. The first-order valence-electron chi connectivity index (χ1n) is 3.93. The maximum absolute atomic E-state index is 11.3. The molecule has 1 rings (SSSR count). The Hall–Kier alpha value is -0.930. The van der Waals surface area contributed by atoms with Crippen molar-refractivity contribution in [1.29, 1.82) is 5.26 Å². The molecule has 1 aliphatic rings. The number of sulfonamides is 1. The zero-order valence-electron chi connectivity index (χ0n) is 7.06. The standard InChI is InChI=1S/C7H10N2O3S/c8-3-5-13(11,12)9-4-1-2-7(10)6-9/h1-2,4-6H2. The lowest BCUT2D eigenvalue weighted by Gasteiger charge is -2.23. The molecule has 0 aromatic rings. The number of carbonyl (C=O) groups excluding carboxylic acids is 1. The lowest BCUT2D eigenvalue weighted by atomic mass is 10.1. The fraction of sp³-hybridized carbons (Fsp3) is 0.714. The third-order valence-corrected chi connectivity index (χ3v) is 3.45. The summed E-state index contributed by atoms with van der Waals surface area (Å²) >= 11 is 0. The van der Waals surface area contributed by atoms with Gasteiger partial charge in [-0.1, -0.05) is 0 Å². The van der Waals surface area contributed by atoms with Gasteiger partial charge in [0.05, 0.1) is 12.6 Å². The summed E-state index contributed by atoms with van der Waals surface area (Å²) < 4.78 is 23.7. The van der Waals surface area contributed by atoms with Crippen LogP contribution in [0.4, 0.5) is 0 Å². The number of rotatable bonds is 2. The molecule has 0 spiro atoms. The fourth-order valence-corrected chi connectivity index (χ4v) is 2.31. The average molecular weight is 202 g/mol. The molecule has 5 nitrogen and oxygen atoms in total. The van der Waals surface area contributed by atoms with E-state index in [0.717, 1.165) is 4.31 Å². The molecule has 1 heterocycles. The van der Waals surface area contributed by atoms with E-state index >= 15 is 0 Å². The van der Waals surface area contributed by atoms with Crippen LogP contribution in [-0.2, 0) is 14.8 Å². The van der Waals surface area contributed by atoms with Gasteiger partial charge in [0, 0.05) is 13.0 Å². The maximum atomic E-state index is 11.3. The molecule has 1 fully saturated rings. The molecule has 13 heavy (non-hydrogen) atoms. The minimum absolute atomic E-state index is 0.0655. The molecular weight excluding hydrogens is 192 g/mol. The van der Waals surface area contributed by atoms with Crippen LogP contribution in [0.1, 0.15) is 12.8 Å². The summed E-state index contributed by atoms with van der Waals surface area (Å²) in [6.07, 6.45) is 1.00. The van der Waals surface area contributed by atoms with Gasteiger partial charge in [-0.2, -0.15) is 9.57 Å². The molecule has 0 aromatic heterocycles. The second-order valence-electron chi connectivity index (χ2n) is 2.89. The zero-order chi connectivity index (χ0) is 9.90. The normalized spacial score (nSPS) is 19.8. The number of nitriles is 1. The number of Topliss-reactive ketones (excluding diaryl/α,β-unsaturated/α-hetero) is 1. The van der Waals surface area contributed by atoms with Crippen LogP contribution in [0.5, 0.6) is 0 Å². The van der Waals surface area contributed by atoms with Gasteiger partial charge in [0.15, 0.2) is 5.75 Å². The molecule has 0 amide bonds. The molecule has 1 aliphatic heterocycles. The Morgan fingerprint density at radius 1 is 1.54 bits per heavy atom. The lowest BCUT2D eigenvalue weighted by molar-refractivity contribution is -0.120. The summed E-state index contributed by atoms with van der Waals surface area (Å²) in [6.45, 7) is 0.291. The second kappa shape index (κ2) is 3.85. The smallest absolute Gasteiger partial charge is 0.227 e. The third-order valence-electron chi connectivity index (χ3n) is 1.86. The molecule has 0 aliphatic carbocycles. The first kappa shape index (κ1) is 10.2. The number of hydrogen-bond acceptors (Lipinski definition) is 4. The van der Waals surface area contributed by atoms with E-state index in [1.54, 1.807) is 6.07 Å². The van der Waals surface area contributed by atoms with E-state index < -0.39 is 15.8 Å². The van der Waals surface area contributed by atoms with Crippen molar-refractivity contribution in [3.8, 4) is 6.07 Å². The van der Waals surface area contributed by atoms with Gasteiger partial charge in [-0.25, -0.2) is 8.42 Å². The summed E-state index contributed by atoms with van der Waals surface area (Å²) in [5.41, 5.74) is 0. The predicted molar refractivity (Wildman–Crippen MR) is 45.2 cm³/mol. The van der Waals surface area contributed by atoms with E-state index in [-0.39, 0.29) is 12.3 Å². The Kier molecular flexibility index (Phi) is 3.01. The fourth-order valence-electron chi connectivity index (χ4n) is 1.22. The Labute approximate surface area is 77.0 Å². The molecule has 0 atom stereocenters. The van der Waals surface area contributed by atoms with E-state index in [2.05, 4.69) is 0 Å². The van der Waals surface area contributed by atoms with Crippen molar-refractivity contribution < 1.29 is 13.2 Å². The Balaban J connectivity index is 2.72. The van der Waals surface area contributed by atoms with Gasteiger partial charge in [0.2, 0.25) is 10.0 Å². The SMILES string of the molecule is N#CCS(=O)(=O)N1CCCC(=O)C1. The minimum atomic E-state index is -3.51. The van der Waals surface area contributed by atoms with Gasteiger partial charge >= 0.3 is 0 Å². The quantitative estimate of drug-likeness (QED) is 0.605. The first-order chi connectivity index (χ1) is 6.06. The monoisotopic (exact) mass is 202 g/mol. The van der Waals surface area contributed by atoms with Gasteiger partial charge in [-0.05, 0) is 6.42 Å². The van der Waals surface area contributed by atoms with Crippen LogP contribution in [0.2, 0.25) is 0 Å². The van der Waals surface area contributed by atoms with Gasteiger partial charge < -0.3 is 0 Å². The van der Waals surface area contributed by atoms with E-state index in [4.69, 9.17) is 5.26 Å². The van der Waals surface area contributed by atoms with Gasteiger partial charge in [0.1, 0.15) is 5.78 Å². The highest BCUT2D eigenvalue weighted by Gasteiger charge is 2.26. The molecule has 6 heteroatoms. The van der Waals surface area contributed by atoms with Gasteiger partial charge in [-0.15, -0.1) is 0 Å². The molecule has 0 saturated carbocycles. The topological polar surface area (TPSA) is 78.2 Å². The number of hydrogen-bond donors (Lipinski definition) is 0. The molecule has 0 N–H and O–H groups in total. The Morgan fingerprint density at radius 3 is 2.77 bits per heavy atom. The van der Waals surface area contributed by atoms with Crippen molar-refractivity contribution in [1.82, 2.24) is 4.31 Å². The maximum Gasteiger partial charge on any atom is 0.227 e. The summed E-state index contributed by atoms with van der Waals surface area (Å²) in [7, 11) is -3.51. The van der Waals surface area contributed by atoms with Crippen molar-refractivity contribution in [2.75, 3.05) is 18.8 Å². The lowest BCUT2D eigenvalue weighted by Crippen LogP contribution is -2.41. The molecule has 1 saturated heterocycles. The number of carbonyl (C=O) groups is 1. The predicted octanol–water partition coefficient (Wildman–Crippen LogP) is -0.495. The second-order valence-corrected chi connectivity index (χ2v) is 4.86. The molecule has 72 valence electrons. The third kappa shape index (κ3) is 2.50. The minimum Gasteiger partial charge on any atom is -0.298 e. The summed E-state index contributed by atoms with van der Waals surface area (Å²) in [4.78, 5) is 10.9. The zero-order valence-corrected chi connectivity index (χ0v) is 7.88. The highest BCUT2D eigenvalue weighted by Crippen LogP contribution is 2.10. The highest BCUT2D eigenvalue weighted by atomic mass is 32.2. The number of piperidine rings is 1. The van der Waals surface area contributed by atoms with Gasteiger partial charge in [0.25, 0.3) is 0 Å². The van der Waals surface area contributed by atoms with E-state index in [0.29, 0.717) is 19.4 Å². The summed E-state index contributed by atoms with van der Waals surface area (Å²) in [5, 5.41) is 8.26. The van der Waals surface area contributed by atoms with Crippen LogP contribution in [0.3, 0.4) is 0 Å². The van der Waals surface area contributed by atoms with Gasteiger partial charge in [-0.3, -0.25) is 4.79 Å². The molecule has 0 unspecified atom stereocenters. The van der Waals surface area contributed by atoms with Crippen LogP contribution in [0, 0.1) is 11.3 Å². The number of nitrogens with zero attached hydrogens (tertiary/aromatic N) is 2. The van der Waals surface area contributed by atoms with Crippen molar-refractivity contribution in [3.05, 3.63) is 0 Å². The Bertz CT molecular complexity index is 341. The molecule has 0 bridgehead atoms. The van der Waals surface area contributed by atoms with Crippen LogP contribution in [-0.4, -0.2) is 37.3 Å². The summed E-state index contributed by atoms with van der Waals surface area (Å²) in [5.74, 6) is -0.618. The van der Waals surface area contributed by atoms with E-state index in [9.17, 15) is 13.2 Å². The van der Waals surface area contributed by atoms with Crippen molar-refractivity contribution in [2.45, 2.75) is 12.8 Å². The molecule has 0 aromatic carbocycles. The highest BCUT2D eigenvalue weighted by molar-refractivity contribution is 7.89. The van der Waals surface area contributed by atoms with Crippen molar-refractivity contribution in [2.24, 2.45) is 0 Å². The first-order valence-corrected chi connectivity index (χ1v) is 5.53. The molecular formula is C7H10N2O3S. The van der Waals surface area contributed by atoms with Crippen LogP contribution < -0.4 is 0 Å². The van der Waals surface area contributed by atoms with Crippen LogP contribution in [0.25, 0.3) is 0 Å². The van der Waals surface area contributed by atoms with E-state index in [1.165, 1.54) is 0 Å². The average Bonchev–Trinajstić information content (AvgIpc) is 2.04. The van der Waals surface area contributed by atoms with Crippen LogP contribution >= 0.6 is 0 Å². The Morgan fingerprint density at radius 2 is 2.23 bits per heavy atom. The van der Waals surface area contributed by atoms with Crippen molar-refractivity contribution in [3.63, 3.8) is 0 Å².